The fraction of sp³-hybridized carbons (Fsp3) is 0.400. The second kappa shape index (κ2) is 5.54. The van der Waals surface area contributed by atoms with E-state index < -0.39 is 0 Å². The van der Waals surface area contributed by atoms with Gasteiger partial charge in [0.2, 0.25) is 0 Å². The van der Waals surface area contributed by atoms with Gasteiger partial charge in [0.05, 0.1) is 13.3 Å². The molecule has 0 bridgehead atoms. The second-order valence-electron chi connectivity index (χ2n) is 2.79. The van der Waals surface area contributed by atoms with Crippen molar-refractivity contribution in [3.05, 3.63) is 29.8 Å². The van der Waals surface area contributed by atoms with Crippen molar-refractivity contribution in [2.24, 2.45) is 0 Å². The van der Waals surface area contributed by atoms with Crippen LogP contribution in [-0.2, 0) is 6.42 Å². The molecule has 0 spiro atoms. The summed E-state index contributed by atoms with van der Waals surface area (Å²) in [6.45, 7) is 0.345. The average molecular weight is 183 g/mol. The van der Waals surface area contributed by atoms with Crippen molar-refractivity contribution in [1.82, 2.24) is 0 Å². The molecule has 3 heteroatoms. The van der Waals surface area contributed by atoms with Crippen LogP contribution in [0.15, 0.2) is 24.3 Å². The van der Waals surface area contributed by atoms with E-state index >= 15 is 0 Å². The average Bonchev–Trinajstić information content (AvgIpc) is 2.17. The second-order valence-corrected chi connectivity index (χ2v) is 2.79. The molecule has 0 aromatic heterocycles. The summed E-state index contributed by atoms with van der Waals surface area (Å²) in [5.41, 5.74) is 1.95. The number of rotatable bonds is 5. The minimum Gasteiger partial charge on any atom is -0.395 e. The van der Waals surface area contributed by atoms with Crippen molar-refractivity contribution < 1.29 is 9.50 Å². The topological polar surface area (TPSA) is 32.3 Å². The van der Waals surface area contributed by atoms with Gasteiger partial charge in [-0.25, -0.2) is 0 Å². The van der Waals surface area contributed by atoms with Crippen LogP contribution in [0.2, 0.25) is 0 Å². The minimum atomic E-state index is -0.316. The maximum Gasteiger partial charge on any atom is 0.0934 e. The van der Waals surface area contributed by atoms with Crippen molar-refractivity contribution >= 4 is 5.69 Å². The summed E-state index contributed by atoms with van der Waals surface area (Å²) in [5.74, 6) is 0. The number of hydrogen-bond acceptors (Lipinski definition) is 2. The molecule has 1 aromatic carbocycles. The number of halogens is 1. The maximum atomic E-state index is 11.9. The Bertz CT molecular complexity index is 235. The van der Waals surface area contributed by atoms with Gasteiger partial charge in [-0.1, -0.05) is 12.1 Å². The third-order valence-electron chi connectivity index (χ3n) is 1.78. The first-order valence-electron chi connectivity index (χ1n) is 4.36. The van der Waals surface area contributed by atoms with Crippen LogP contribution in [0.25, 0.3) is 0 Å². The predicted octanol–water partition coefficient (Wildman–Crippen LogP) is 1.60. The normalized spacial score (nSPS) is 10.0. The Kier molecular flexibility index (Phi) is 4.26. The number of aryl methyl sites for hydroxylation is 1. The van der Waals surface area contributed by atoms with E-state index in [0.717, 1.165) is 11.3 Å². The SMILES string of the molecule is OCCNc1ccc(CCF)cc1. The molecule has 0 aliphatic carbocycles. The molecule has 1 aromatic rings. The van der Waals surface area contributed by atoms with Crippen LogP contribution in [0.3, 0.4) is 0 Å². The molecule has 0 heterocycles. The molecule has 0 aliphatic heterocycles. The van der Waals surface area contributed by atoms with Crippen LogP contribution in [0, 0.1) is 0 Å². The summed E-state index contributed by atoms with van der Waals surface area (Å²) >= 11 is 0. The summed E-state index contributed by atoms with van der Waals surface area (Å²) < 4.78 is 11.9. The van der Waals surface area contributed by atoms with Crippen LogP contribution >= 0.6 is 0 Å². The highest BCUT2D eigenvalue weighted by atomic mass is 19.1. The Balaban J connectivity index is 2.48. The standard InChI is InChI=1S/C10H14FNO/c11-6-5-9-1-3-10(4-2-9)12-7-8-13/h1-4,12-13H,5-8H2. The zero-order chi connectivity index (χ0) is 9.52. The molecule has 13 heavy (non-hydrogen) atoms. The molecule has 2 nitrogen and oxygen atoms in total. The number of anilines is 1. The zero-order valence-corrected chi connectivity index (χ0v) is 7.46. The Hall–Kier alpha value is -1.09. The van der Waals surface area contributed by atoms with E-state index in [1.807, 2.05) is 24.3 Å². The third-order valence-corrected chi connectivity index (χ3v) is 1.78. The molecular weight excluding hydrogens is 169 g/mol. The van der Waals surface area contributed by atoms with Crippen LogP contribution in [-0.4, -0.2) is 24.9 Å². The van der Waals surface area contributed by atoms with E-state index in [0.29, 0.717) is 13.0 Å². The number of aliphatic hydroxyl groups is 1. The third kappa shape index (κ3) is 3.42. The van der Waals surface area contributed by atoms with E-state index in [1.54, 1.807) is 0 Å². The minimum absolute atomic E-state index is 0.117. The molecule has 0 fully saturated rings. The molecule has 72 valence electrons. The summed E-state index contributed by atoms with van der Waals surface area (Å²) in [4.78, 5) is 0. The fourth-order valence-electron chi connectivity index (χ4n) is 1.10. The first kappa shape index (κ1) is 9.99. The summed E-state index contributed by atoms with van der Waals surface area (Å²) in [6, 6.07) is 7.56. The van der Waals surface area contributed by atoms with Crippen LogP contribution in [0.4, 0.5) is 10.1 Å². The molecule has 1 rings (SSSR count). The van der Waals surface area contributed by atoms with E-state index in [1.165, 1.54) is 0 Å². The van der Waals surface area contributed by atoms with Gasteiger partial charge in [0.15, 0.2) is 0 Å². The number of hydrogen-bond donors (Lipinski definition) is 2. The Morgan fingerprint density at radius 1 is 1.23 bits per heavy atom. The van der Waals surface area contributed by atoms with E-state index in [2.05, 4.69) is 5.32 Å². The van der Waals surface area contributed by atoms with Crippen molar-refractivity contribution in [3.8, 4) is 0 Å². The fourth-order valence-corrected chi connectivity index (χ4v) is 1.10. The van der Waals surface area contributed by atoms with Crippen molar-refractivity contribution in [2.45, 2.75) is 6.42 Å². The van der Waals surface area contributed by atoms with Crippen LogP contribution in [0.5, 0.6) is 0 Å². The largest absolute Gasteiger partial charge is 0.395 e. The molecule has 2 N–H and O–H groups in total. The maximum absolute atomic E-state index is 11.9. The number of aliphatic hydroxyl groups excluding tert-OH is 1. The first-order chi connectivity index (χ1) is 6.36. The number of benzene rings is 1. The van der Waals surface area contributed by atoms with Gasteiger partial charge < -0.3 is 10.4 Å². The quantitative estimate of drug-likeness (QED) is 0.726. The highest BCUT2D eigenvalue weighted by Crippen LogP contribution is 2.09. The van der Waals surface area contributed by atoms with E-state index in [4.69, 9.17) is 5.11 Å². The summed E-state index contributed by atoms with van der Waals surface area (Å²) in [6.07, 6.45) is 0.472. The Morgan fingerprint density at radius 2 is 1.92 bits per heavy atom. The Morgan fingerprint density at radius 3 is 2.46 bits per heavy atom. The summed E-state index contributed by atoms with van der Waals surface area (Å²) in [5, 5.41) is 11.6. The van der Waals surface area contributed by atoms with Gasteiger partial charge in [0, 0.05) is 18.7 Å². The van der Waals surface area contributed by atoms with Gasteiger partial charge >= 0.3 is 0 Å². The summed E-state index contributed by atoms with van der Waals surface area (Å²) in [7, 11) is 0. The van der Waals surface area contributed by atoms with Crippen LogP contribution in [0.1, 0.15) is 5.56 Å². The number of nitrogens with one attached hydrogen (secondary N) is 1. The lowest BCUT2D eigenvalue weighted by Gasteiger charge is -2.04. The highest BCUT2D eigenvalue weighted by Gasteiger charge is 1.93. The van der Waals surface area contributed by atoms with Gasteiger partial charge in [0.1, 0.15) is 0 Å². The monoisotopic (exact) mass is 183 g/mol. The smallest absolute Gasteiger partial charge is 0.0934 e. The Labute approximate surface area is 77.4 Å². The van der Waals surface area contributed by atoms with Gasteiger partial charge in [-0.15, -0.1) is 0 Å². The van der Waals surface area contributed by atoms with Gasteiger partial charge in [-0.05, 0) is 17.7 Å². The molecule has 0 saturated carbocycles. The predicted molar refractivity (Wildman–Crippen MR) is 51.7 cm³/mol. The molecule has 0 atom stereocenters. The van der Waals surface area contributed by atoms with Crippen molar-refractivity contribution in [3.63, 3.8) is 0 Å². The number of alkyl halides is 1. The van der Waals surface area contributed by atoms with Crippen molar-refractivity contribution in [2.75, 3.05) is 25.1 Å². The van der Waals surface area contributed by atoms with E-state index in [-0.39, 0.29) is 13.3 Å². The molecule has 0 unspecified atom stereocenters. The van der Waals surface area contributed by atoms with Gasteiger partial charge in [0.25, 0.3) is 0 Å². The van der Waals surface area contributed by atoms with Crippen molar-refractivity contribution in [1.29, 1.82) is 0 Å². The molecule has 0 amide bonds. The van der Waals surface area contributed by atoms with Gasteiger partial charge in [-0.2, -0.15) is 0 Å². The van der Waals surface area contributed by atoms with Crippen LogP contribution < -0.4 is 5.32 Å². The molecule has 0 aliphatic rings. The van der Waals surface area contributed by atoms with E-state index in [9.17, 15) is 4.39 Å². The lowest BCUT2D eigenvalue weighted by Crippen LogP contribution is -2.05. The lowest BCUT2D eigenvalue weighted by atomic mass is 10.1. The molecule has 0 saturated heterocycles. The molecule has 0 radical (unpaired) electrons. The first-order valence-corrected chi connectivity index (χ1v) is 4.36. The van der Waals surface area contributed by atoms with Gasteiger partial charge in [-0.3, -0.25) is 4.39 Å². The molecular formula is C10H14FNO. The lowest BCUT2D eigenvalue weighted by molar-refractivity contribution is 0.311. The highest BCUT2D eigenvalue weighted by molar-refractivity contribution is 5.44. The zero-order valence-electron chi connectivity index (χ0n) is 7.46.